The van der Waals surface area contributed by atoms with Gasteiger partial charge in [0.25, 0.3) is 0 Å². The van der Waals surface area contributed by atoms with Crippen LogP contribution in [0, 0.1) is 0 Å². The van der Waals surface area contributed by atoms with Gasteiger partial charge in [-0.25, -0.2) is 0 Å². The fourth-order valence-corrected chi connectivity index (χ4v) is 3.05. The Labute approximate surface area is 108 Å². The zero-order chi connectivity index (χ0) is 11.8. The van der Waals surface area contributed by atoms with E-state index in [2.05, 4.69) is 25.2 Å². The molecular formula is C13H22ClNS. The zero-order valence-corrected chi connectivity index (χ0v) is 11.8. The van der Waals surface area contributed by atoms with Crippen LogP contribution >= 0.6 is 22.9 Å². The highest BCUT2D eigenvalue weighted by Crippen LogP contribution is 2.29. The first-order chi connectivity index (χ1) is 7.77. The molecule has 1 nitrogen and oxygen atoms in total. The molecule has 1 unspecified atom stereocenters. The van der Waals surface area contributed by atoms with E-state index in [0.29, 0.717) is 6.04 Å². The normalized spacial score (nSPS) is 12.9. The molecular weight excluding hydrogens is 238 g/mol. The van der Waals surface area contributed by atoms with E-state index in [1.807, 2.05) is 6.07 Å². The van der Waals surface area contributed by atoms with E-state index in [0.717, 1.165) is 10.9 Å². The van der Waals surface area contributed by atoms with Crippen molar-refractivity contribution < 1.29 is 0 Å². The summed E-state index contributed by atoms with van der Waals surface area (Å²) in [5.74, 6) is 0. The summed E-state index contributed by atoms with van der Waals surface area (Å²) < 4.78 is 0.895. The van der Waals surface area contributed by atoms with Gasteiger partial charge in [-0.1, -0.05) is 51.1 Å². The van der Waals surface area contributed by atoms with Crippen LogP contribution in [0.5, 0.6) is 0 Å². The average molecular weight is 260 g/mol. The molecule has 92 valence electrons. The average Bonchev–Trinajstić information content (AvgIpc) is 2.69. The molecule has 0 radical (unpaired) electrons. The molecule has 1 aromatic rings. The van der Waals surface area contributed by atoms with E-state index in [9.17, 15) is 0 Å². The minimum absolute atomic E-state index is 0.499. The van der Waals surface area contributed by atoms with Crippen LogP contribution in [0.2, 0.25) is 4.34 Å². The third-order valence-corrected chi connectivity index (χ3v) is 4.08. The zero-order valence-electron chi connectivity index (χ0n) is 10.3. The Morgan fingerprint density at radius 3 is 2.62 bits per heavy atom. The number of rotatable bonds is 8. The van der Waals surface area contributed by atoms with E-state index < -0.39 is 0 Å². The Hall–Kier alpha value is -0.0500. The van der Waals surface area contributed by atoms with Crippen LogP contribution in [0.3, 0.4) is 0 Å². The van der Waals surface area contributed by atoms with Crippen LogP contribution in [-0.2, 0) is 0 Å². The largest absolute Gasteiger partial charge is 0.310 e. The minimum Gasteiger partial charge on any atom is -0.310 e. The van der Waals surface area contributed by atoms with Crippen molar-refractivity contribution in [2.24, 2.45) is 0 Å². The van der Waals surface area contributed by atoms with Crippen LogP contribution in [0.15, 0.2) is 12.1 Å². The lowest BCUT2D eigenvalue weighted by Gasteiger charge is -2.16. The first kappa shape index (κ1) is 14.0. The molecule has 0 aliphatic carbocycles. The molecule has 0 spiro atoms. The highest BCUT2D eigenvalue weighted by Gasteiger charge is 2.11. The first-order valence-corrected chi connectivity index (χ1v) is 7.46. The van der Waals surface area contributed by atoms with Crippen molar-refractivity contribution in [1.29, 1.82) is 0 Å². The Kier molecular flexibility index (Phi) is 7.10. The van der Waals surface area contributed by atoms with E-state index >= 15 is 0 Å². The Morgan fingerprint density at radius 2 is 2.06 bits per heavy atom. The van der Waals surface area contributed by atoms with Gasteiger partial charge in [0, 0.05) is 10.9 Å². The maximum atomic E-state index is 5.98. The van der Waals surface area contributed by atoms with Crippen LogP contribution in [0.1, 0.15) is 56.9 Å². The molecule has 0 bridgehead atoms. The first-order valence-electron chi connectivity index (χ1n) is 6.26. The number of thiophene rings is 1. The summed E-state index contributed by atoms with van der Waals surface area (Å²) in [7, 11) is 0. The Balaban J connectivity index is 2.41. The SMILES string of the molecule is CCCCCCC(NCC)c1ccc(Cl)s1. The van der Waals surface area contributed by atoms with Crippen molar-refractivity contribution in [2.75, 3.05) is 6.54 Å². The summed E-state index contributed by atoms with van der Waals surface area (Å²) in [6, 6.07) is 4.65. The number of halogens is 1. The highest BCUT2D eigenvalue weighted by molar-refractivity contribution is 7.16. The van der Waals surface area contributed by atoms with Crippen molar-refractivity contribution in [3.8, 4) is 0 Å². The second kappa shape index (κ2) is 8.10. The van der Waals surface area contributed by atoms with E-state index in [1.165, 1.54) is 37.0 Å². The topological polar surface area (TPSA) is 12.0 Å². The summed E-state index contributed by atoms with van der Waals surface area (Å²) in [5.41, 5.74) is 0. The molecule has 0 aliphatic heterocycles. The number of nitrogens with one attached hydrogen (secondary N) is 1. The second-order valence-electron chi connectivity index (χ2n) is 4.10. The summed E-state index contributed by atoms with van der Waals surface area (Å²) in [6.45, 7) is 5.43. The number of unbranched alkanes of at least 4 members (excludes halogenated alkanes) is 3. The van der Waals surface area contributed by atoms with Gasteiger partial charge in [0.05, 0.1) is 4.34 Å². The van der Waals surface area contributed by atoms with Crippen LogP contribution < -0.4 is 5.32 Å². The highest BCUT2D eigenvalue weighted by atomic mass is 35.5. The predicted molar refractivity (Wildman–Crippen MR) is 74.5 cm³/mol. The summed E-state index contributed by atoms with van der Waals surface area (Å²) in [5, 5.41) is 3.54. The number of hydrogen-bond acceptors (Lipinski definition) is 2. The van der Waals surface area contributed by atoms with Crippen molar-refractivity contribution in [3.05, 3.63) is 21.3 Å². The van der Waals surface area contributed by atoms with Crippen molar-refractivity contribution in [1.82, 2.24) is 5.32 Å². The molecule has 0 aromatic carbocycles. The Bertz CT molecular complexity index is 285. The lowest BCUT2D eigenvalue weighted by atomic mass is 10.1. The minimum atomic E-state index is 0.499. The van der Waals surface area contributed by atoms with Gasteiger partial charge in [-0.05, 0) is 25.1 Å². The third-order valence-electron chi connectivity index (χ3n) is 2.73. The summed E-state index contributed by atoms with van der Waals surface area (Å²) >= 11 is 7.68. The number of hydrogen-bond donors (Lipinski definition) is 1. The molecule has 0 aliphatic rings. The molecule has 1 rings (SSSR count). The van der Waals surface area contributed by atoms with Gasteiger partial charge < -0.3 is 5.32 Å². The van der Waals surface area contributed by atoms with E-state index in [-0.39, 0.29) is 0 Å². The fraction of sp³-hybridized carbons (Fsp3) is 0.692. The molecule has 1 aromatic heterocycles. The molecule has 1 N–H and O–H groups in total. The lowest BCUT2D eigenvalue weighted by Crippen LogP contribution is -2.19. The van der Waals surface area contributed by atoms with Gasteiger partial charge in [0.15, 0.2) is 0 Å². The van der Waals surface area contributed by atoms with Crippen molar-refractivity contribution in [2.45, 2.75) is 52.0 Å². The molecule has 16 heavy (non-hydrogen) atoms. The van der Waals surface area contributed by atoms with Gasteiger partial charge in [-0.2, -0.15) is 0 Å². The second-order valence-corrected chi connectivity index (χ2v) is 5.85. The van der Waals surface area contributed by atoms with Crippen LogP contribution in [0.4, 0.5) is 0 Å². The Morgan fingerprint density at radius 1 is 1.25 bits per heavy atom. The summed E-state index contributed by atoms with van der Waals surface area (Å²) in [4.78, 5) is 1.38. The van der Waals surface area contributed by atoms with Crippen LogP contribution in [-0.4, -0.2) is 6.54 Å². The fourth-order valence-electron chi connectivity index (χ4n) is 1.88. The maximum absolute atomic E-state index is 5.98. The van der Waals surface area contributed by atoms with Gasteiger partial charge in [0.1, 0.15) is 0 Å². The molecule has 3 heteroatoms. The molecule has 1 atom stereocenters. The van der Waals surface area contributed by atoms with Gasteiger partial charge >= 0.3 is 0 Å². The van der Waals surface area contributed by atoms with Gasteiger partial charge in [0.2, 0.25) is 0 Å². The summed E-state index contributed by atoms with van der Waals surface area (Å²) in [6.07, 6.45) is 6.53. The molecule has 1 heterocycles. The van der Waals surface area contributed by atoms with Gasteiger partial charge in [-0.15, -0.1) is 11.3 Å². The maximum Gasteiger partial charge on any atom is 0.0931 e. The third kappa shape index (κ3) is 4.86. The van der Waals surface area contributed by atoms with Crippen molar-refractivity contribution in [3.63, 3.8) is 0 Å². The monoisotopic (exact) mass is 259 g/mol. The van der Waals surface area contributed by atoms with Gasteiger partial charge in [-0.3, -0.25) is 0 Å². The smallest absolute Gasteiger partial charge is 0.0931 e. The molecule has 0 saturated carbocycles. The standard InChI is InChI=1S/C13H22ClNS/c1-3-5-6-7-8-11(15-4-2)12-9-10-13(14)16-12/h9-11,15H,3-8H2,1-2H3. The van der Waals surface area contributed by atoms with Crippen LogP contribution in [0.25, 0.3) is 0 Å². The quantitative estimate of drug-likeness (QED) is 0.646. The predicted octanol–water partition coefficient (Wildman–Crippen LogP) is 5.02. The molecule has 0 saturated heterocycles. The van der Waals surface area contributed by atoms with E-state index in [4.69, 9.17) is 11.6 Å². The van der Waals surface area contributed by atoms with Crippen molar-refractivity contribution >= 4 is 22.9 Å². The van der Waals surface area contributed by atoms with E-state index in [1.54, 1.807) is 11.3 Å². The lowest BCUT2D eigenvalue weighted by molar-refractivity contribution is 0.488. The molecule has 0 amide bonds. The molecule has 0 fully saturated rings.